The topological polar surface area (TPSA) is 105 Å². The standard InChI is InChI=1S/C21H24N2O5/c1-14(2)18(23-21(27)28-13-16-6-4-3-5-7-16)19(24)22-12-15-8-10-17(11-9-15)20(25)26/h3-11,14,18H,12-13H2,1-2H3,(H,22,24)(H,23,27)(H,25,26)/t18-/m0/s1. The average Bonchev–Trinajstić information content (AvgIpc) is 2.69. The lowest BCUT2D eigenvalue weighted by molar-refractivity contribution is -0.124. The number of hydrogen-bond acceptors (Lipinski definition) is 4. The predicted octanol–water partition coefficient (Wildman–Crippen LogP) is 2.95. The van der Waals surface area contributed by atoms with E-state index < -0.39 is 18.1 Å². The fourth-order valence-electron chi connectivity index (χ4n) is 2.49. The van der Waals surface area contributed by atoms with Crippen molar-refractivity contribution in [1.82, 2.24) is 10.6 Å². The van der Waals surface area contributed by atoms with Gasteiger partial charge in [0.25, 0.3) is 0 Å². The largest absolute Gasteiger partial charge is 0.478 e. The number of ether oxygens (including phenoxy) is 1. The van der Waals surface area contributed by atoms with Crippen LogP contribution < -0.4 is 10.6 Å². The smallest absolute Gasteiger partial charge is 0.408 e. The number of carboxylic acids is 1. The number of carbonyl (C=O) groups excluding carboxylic acids is 2. The van der Waals surface area contributed by atoms with Crippen molar-refractivity contribution in [3.63, 3.8) is 0 Å². The van der Waals surface area contributed by atoms with E-state index in [-0.39, 0.29) is 30.5 Å². The number of alkyl carbamates (subject to hydrolysis) is 1. The van der Waals surface area contributed by atoms with Crippen LogP contribution in [0.3, 0.4) is 0 Å². The first-order chi connectivity index (χ1) is 13.4. The molecule has 0 aliphatic carbocycles. The maximum Gasteiger partial charge on any atom is 0.408 e. The summed E-state index contributed by atoms with van der Waals surface area (Å²) in [7, 11) is 0. The van der Waals surface area contributed by atoms with Crippen molar-refractivity contribution in [3.8, 4) is 0 Å². The van der Waals surface area contributed by atoms with Gasteiger partial charge in [0.1, 0.15) is 12.6 Å². The van der Waals surface area contributed by atoms with E-state index in [2.05, 4.69) is 10.6 Å². The van der Waals surface area contributed by atoms with E-state index in [1.807, 2.05) is 44.2 Å². The lowest BCUT2D eigenvalue weighted by Crippen LogP contribution is -2.49. The molecule has 0 spiro atoms. The Labute approximate surface area is 163 Å². The molecule has 2 amide bonds. The quantitative estimate of drug-likeness (QED) is 0.649. The second-order valence-corrected chi connectivity index (χ2v) is 6.65. The highest BCUT2D eigenvalue weighted by Crippen LogP contribution is 2.07. The molecule has 0 saturated carbocycles. The molecule has 2 aromatic rings. The molecule has 0 aliphatic heterocycles. The van der Waals surface area contributed by atoms with Gasteiger partial charge in [-0.3, -0.25) is 4.79 Å². The molecule has 148 valence electrons. The third-order valence-electron chi connectivity index (χ3n) is 4.10. The van der Waals surface area contributed by atoms with Gasteiger partial charge in [-0.25, -0.2) is 9.59 Å². The molecule has 1 atom stereocenters. The highest BCUT2D eigenvalue weighted by molar-refractivity contribution is 5.87. The van der Waals surface area contributed by atoms with Gasteiger partial charge in [0.2, 0.25) is 5.91 Å². The zero-order valence-electron chi connectivity index (χ0n) is 15.8. The lowest BCUT2D eigenvalue weighted by Gasteiger charge is -2.21. The summed E-state index contributed by atoms with van der Waals surface area (Å²) in [5.41, 5.74) is 1.79. The summed E-state index contributed by atoms with van der Waals surface area (Å²) in [5, 5.41) is 14.3. The second-order valence-electron chi connectivity index (χ2n) is 6.65. The van der Waals surface area contributed by atoms with E-state index in [4.69, 9.17) is 9.84 Å². The van der Waals surface area contributed by atoms with Gasteiger partial charge in [-0.2, -0.15) is 0 Å². The van der Waals surface area contributed by atoms with Crippen LogP contribution in [-0.2, 0) is 22.7 Å². The minimum absolute atomic E-state index is 0.120. The Morgan fingerprint density at radius 3 is 2.18 bits per heavy atom. The number of carboxylic acid groups (broad SMARTS) is 1. The van der Waals surface area contributed by atoms with Gasteiger partial charge in [-0.15, -0.1) is 0 Å². The average molecular weight is 384 g/mol. The SMILES string of the molecule is CC(C)[C@H](NC(=O)OCc1ccccc1)C(=O)NCc1ccc(C(=O)O)cc1. The van der Waals surface area contributed by atoms with Crippen LogP contribution in [-0.4, -0.2) is 29.1 Å². The van der Waals surface area contributed by atoms with Crippen LogP contribution >= 0.6 is 0 Å². The van der Waals surface area contributed by atoms with Gasteiger partial charge in [0.05, 0.1) is 5.56 Å². The van der Waals surface area contributed by atoms with E-state index >= 15 is 0 Å². The van der Waals surface area contributed by atoms with Gasteiger partial charge in [0.15, 0.2) is 0 Å². The molecule has 0 radical (unpaired) electrons. The molecule has 0 aliphatic rings. The van der Waals surface area contributed by atoms with Crippen LogP contribution in [0.1, 0.15) is 35.3 Å². The summed E-state index contributed by atoms with van der Waals surface area (Å²) in [6.07, 6.45) is -0.663. The number of amides is 2. The Hall–Kier alpha value is -3.35. The molecule has 0 saturated heterocycles. The maximum absolute atomic E-state index is 12.5. The van der Waals surface area contributed by atoms with E-state index in [0.29, 0.717) is 0 Å². The summed E-state index contributed by atoms with van der Waals surface area (Å²) in [6, 6.07) is 14.7. The van der Waals surface area contributed by atoms with Crippen molar-refractivity contribution >= 4 is 18.0 Å². The molecule has 28 heavy (non-hydrogen) atoms. The Balaban J connectivity index is 1.86. The molecular formula is C21H24N2O5. The van der Waals surface area contributed by atoms with Crippen LogP contribution in [0.2, 0.25) is 0 Å². The highest BCUT2D eigenvalue weighted by Gasteiger charge is 2.24. The molecular weight excluding hydrogens is 360 g/mol. The van der Waals surface area contributed by atoms with Crippen molar-refractivity contribution in [2.24, 2.45) is 5.92 Å². The number of nitrogens with one attached hydrogen (secondary N) is 2. The van der Waals surface area contributed by atoms with Crippen LogP contribution in [0, 0.1) is 5.92 Å². The molecule has 0 heterocycles. The van der Waals surface area contributed by atoms with E-state index in [1.54, 1.807) is 12.1 Å². The van der Waals surface area contributed by atoms with Crippen molar-refractivity contribution < 1.29 is 24.2 Å². The number of carbonyl (C=O) groups is 3. The molecule has 2 rings (SSSR count). The first-order valence-corrected chi connectivity index (χ1v) is 8.94. The number of aromatic carboxylic acids is 1. The molecule has 0 fully saturated rings. The summed E-state index contributed by atoms with van der Waals surface area (Å²) < 4.78 is 5.17. The van der Waals surface area contributed by atoms with Gasteiger partial charge in [-0.05, 0) is 29.2 Å². The maximum atomic E-state index is 12.5. The molecule has 0 aromatic heterocycles. The summed E-state index contributed by atoms with van der Waals surface area (Å²) in [6.45, 7) is 3.99. The van der Waals surface area contributed by atoms with Crippen molar-refractivity contribution in [2.75, 3.05) is 0 Å². The van der Waals surface area contributed by atoms with Crippen LogP contribution in [0.25, 0.3) is 0 Å². The summed E-state index contributed by atoms with van der Waals surface area (Å²) in [4.78, 5) is 35.4. The zero-order chi connectivity index (χ0) is 20.5. The predicted molar refractivity (Wildman–Crippen MR) is 104 cm³/mol. The molecule has 7 heteroatoms. The van der Waals surface area contributed by atoms with Gasteiger partial charge < -0.3 is 20.5 Å². The first-order valence-electron chi connectivity index (χ1n) is 8.94. The highest BCUT2D eigenvalue weighted by atomic mass is 16.5. The second kappa shape index (κ2) is 10.1. The monoisotopic (exact) mass is 384 g/mol. The normalized spacial score (nSPS) is 11.5. The van der Waals surface area contributed by atoms with Crippen molar-refractivity contribution in [2.45, 2.75) is 33.0 Å². The minimum atomic E-state index is -1.01. The summed E-state index contributed by atoms with van der Waals surface area (Å²) in [5.74, 6) is -1.48. The van der Waals surface area contributed by atoms with Crippen LogP contribution in [0.4, 0.5) is 4.79 Å². The molecule has 2 aromatic carbocycles. The Morgan fingerprint density at radius 1 is 0.964 bits per heavy atom. The molecule has 7 nitrogen and oxygen atoms in total. The number of rotatable bonds is 8. The summed E-state index contributed by atoms with van der Waals surface area (Å²) >= 11 is 0. The molecule has 0 bridgehead atoms. The van der Waals surface area contributed by atoms with Gasteiger partial charge >= 0.3 is 12.1 Å². The number of hydrogen-bond donors (Lipinski definition) is 3. The first kappa shape index (κ1) is 21.0. The van der Waals surface area contributed by atoms with E-state index in [9.17, 15) is 14.4 Å². The Morgan fingerprint density at radius 2 is 1.61 bits per heavy atom. The zero-order valence-corrected chi connectivity index (χ0v) is 15.8. The molecule has 3 N–H and O–H groups in total. The van der Waals surface area contributed by atoms with Crippen molar-refractivity contribution in [3.05, 3.63) is 71.3 Å². The fraction of sp³-hybridized carbons (Fsp3) is 0.286. The molecule has 0 unspecified atom stereocenters. The van der Waals surface area contributed by atoms with E-state index in [1.165, 1.54) is 12.1 Å². The fourth-order valence-corrected chi connectivity index (χ4v) is 2.49. The third-order valence-corrected chi connectivity index (χ3v) is 4.10. The minimum Gasteiger partial charge on any atom is -0.478 e. The van der Waals surface area contributed by atoms with Gasteiger partial charge in [-0.1, -0.05) is 56.3 Å². The van der Waals surface area contributed by atoms with E-state index in [0.717, 1.165) is 11.1 Å². The van der Waals surface area contributed by atoms with Gasteiger partial charge in [0, 0.05) is 6.54 Å². The van der Waals surface area contributed by atoms with Crippen LogP contribution in [0.15, 0.2) is 54.6 Å². The van der Waals surface area contributed by atoms with Crippen molar-refractivity contribution in [1.29, 1.82) is 0 Å². The van der Waals surface area contributed by atoms with Crippen LogP contribution in [0.5, 0.6) is 0 Å². The Bertz CT molecular complexity index is 803. The third kappa shape index (κ3) is 6.42. The number of benzene rings is 2. The Kier molecular flexibility index (Phi) is 7.56. The lowest BCUT2D eigenvalue weighted by atomic mass is 10.0.